The number of nitrogens with one attached hydrogen (secondary N) is 1. The predicted molar refractivity (Wildman–Crippen MR) is 79.1 cm³/mol. The third-order valence-corrected chi connectivity index (χ3v) is 3.16. The lowest BCUT2D eigenvalue weighted by molar-refractivity contribution is 0.0949. The quantitative estimate of drug-likeness (QED) is 0.298. The van der Waals surface area contributed by atoms with Gasteiger partial charge in [-0.25, -0.2) is 0 Å². The summed E-state index contributed by atoms with van der Waals surface area (Å²) in [6.45, 7) is 7.58. The van der Waals surface area contributed by atoms with E-state index < -0.39 is 0 Å². The number of hydrogen-bond acceptors (Lipinski definition) is 4. The first kappa shape index (κ1) is 16.0. The summed E-state index contributed by atoms with van der Waals surface area (Å²) < 4.78 is 0. The van der Waals surface area contributed by atoms with Gasteiger partial charge in [-0.05, 0) is 25.2 Å². The highest BCUT2D eigenvalue weighted by molar-refractivity contribution is 5.99. The normalized spacial score (nSPS) is 11.7. The molecular weight excluding hydrogens is 256 g/mol. The van der Waals surface area contributed by atoms with Gasteiger partial charge < -0.3 is 21.2 Å². The number of likely N-dealkylation sites (N-methyl/N-ethyl adjacent to an activating group) is 1. The fourth-order valence-corrected chi connectivity index (χ4v) is 1.82. The van der Waals surface area contributed by atoms with E-state index in [2.05, 4.69) is 29.2 Å². The van der Waals surface area contributed by atoms with Crippen molar-refractivity contribution in [3.63, 3.8) is 0 Å². The first-order chi connectivity index (χ1) is 9.62. The summed E-state index contributed by atoms with van der Waals surface area (Å²) in [7, 11) is 0. The lowest BCUT2D eigenvalue weighted by Crippen LogP contribution is -2.34. The van der Waals surface area contributed by atoms with Crippen molar-refractivity contribution < 1.29 is 10.0 Å². The van der Waals surface area contributed by atoms with E-state index in [1.54, 1.807) is 24.3 Å². The molecule has 4 N–H and O–H groups in total. The molecule has 0 aromatic heterocycles. The molecule has 1 aromatic rings. The first-order valence-corrected chi connectivity index (χ1v) is 6.70. The smallest absolute Gasteiger partial charge is 0.251 e. The Labute approximate surface area is 119 Å². The molecule has 0 heterocycles. The van der Waals surface area contributed by atoms with Gasteiger partial charge in [0.05, 0.1) is 0 Å². The zero-order chi connectivity index (χ0) is 15.0. The lowest BCUT2D eigenvalue weighted by Gasteiger charge is -2.17. The summed E-state index contributed by atoms with van der Waals surface area (Å²) in [5, 5.41) is 14.3. The fourth-order valence-electron chi connectivity index (χ4n) is 1.82. The number of nitrogens with zero attached hydrogens (tertiary/aromatic N) is 2. The molecule has 20 heavy (non-hydrogen) atoms. The maximum absolute atomic E-state index is 11.9. The second-order valence-electron chi connectivity index (χ2n) is 4.35. The Balaban J connectivity index is 2.52. The average Bonchev–Trinajstić information content (AvgIpc) is 2.50. The number of hydrogen-bond donors (Lipinski definition) is 3. The number of nitrogens with two attached hydrogens (primary N) is 1. The summed E-state index contributed by atoms with van der Waals surface area (Å²) in [5.74, 6) is -0.0956. The van der Waals surface area contributed by atoms with Crippen molar-refractivity contribution in [2.75, 3.05) is 26.2 Å². The Kier molecular flexibility index (Phi) is 6.52. The fraction of sp³-hybridized carbons (Fsp3) is 0.429. The molecule has 0 bridgehead atoms. The largest absolute Gasteiger partial charge is 0.409 e. The lowest BCUT2D eigenvalue weighted by atomic mass is 10.1. The van der Waals surface area contributed by atoms with Crippen LogP contribution in [0.5, 0.6) is 0 Å². The van der Waals surface area contributed by atoms with Crippen LogP contribution in [0.3, 0.4) is 0 Å². The average molecular weight is 278 g/mol. The van der Waals surface area contributed by atoms with Crippen LogP contribution in [-0.4, -0.2) is 48.0 Å². The molecule has 0 unspecified atom stereocenters. The predicted octanol–water partition coefficient (Wildman–Crippen LogP) is 0.853. The maximum Gasteiger partial charge on any atom is 0.251 e. The van der Waals surface area contributed by atoms with E-state index in [0.29, 0.717) is 17.7 Å². The number of benzene rings is 1. The molecule has 1 amide bonds. The van der Waals surface area contributed by atoms with Crippen LogP contribution in [0.2, 0.25) is 0 Å². The molecule has 0 fully saturated rings. The number of amidine groups is 1. The van der Waals surface area contributed by atoms with Gasteiger partial charge in [0.1, 0.15) is 0 Å². The van der Waals surface area contributed by atoms with Crippen molar-refractivity contribution in [2.45, 2.75) is 13.8 Å². The van der Waals surface area contributed by atoms with Crippen molar-refractivity contribution in [2.24, 2.45) is 10.9 Å². The Morgan fingerprint density at radius 3 is 2.30 bits per heavy atom. The van der Waals surface area contributed by atoms with Crippen molar-refractivity contribution >= 4 is 11.7 Å². The number of rotatable bonds is 7. The van der Waals surface area contributed by atoms with Crippen LogP contribution < -0.4 is 11.1 Å². The number of amides is 1. The Morgan fingerprint density at radius 2 is 1.80 bits per heavy atom. The highest BCUT2D eigenvalue weighted by atomic mass is 16.4. The van der Waals surface area contributed by atoms with Crippen LogP contribution >= 0.6 is 0 Å². The highest BCUT2D eigenvalue weighted by Gasteiger charge is 2.07. The molecule has 0 aliphatic heterocycles. The van der Waals surface area contributed by atoms with Crippen LogP contribution in [0.15, 0.2) is 29.4 Å². The molecule has 1 aromatic carbocycles. The number of carbonyl (C=O) groups is 1. The van der Waals surface area contributed by atoms with Crippen molar-refractivity contribution in [3.05, 3.63) is 35.4 Å². The summed E-state index contributed by atoms with van der Waals surface area (Å²) >= 11 is 0. The van der Waals surface area contributed by atoms with E-state index in [9.17, 15) is 4.79 Å². The Morgan fingerprint density at radius 1 is 1.25 bits per heavy atom. The zero-order valence-electron chi connectivity index (χ0n) is 12.0. The van der Waals surface area contributed by atoms with Crippen molar-refractivity contribution in [1.29, 1.82) is 0 Å². The third kappa shape index (κ3) is 4.55. The molecule has 0 aliphatic carbocycles. The van der Waals surface area contributed by atoms with Gasteiger partial charge >= 0.3 is 0 Å². The van der Waals surface area contributed by atoms with Gasteiger partial charge in [-0.2, -0.15) is 0 Å². The highest BCUT2D eigenvalue weighted by Crippen LogP contribution is 2.04. The van der Waals surface area contributed by atoms with E-state index in [-0.39, 0.29) is 11.7 Å². The number of carbonyl (C=O) groups excluding carboxylic acids is 1. The topological polar surface area (TPSA) is 91.0 Å². The van der Waals surface area contributed by atoms with Crippen LogP contribution in [0.25, 0.3) is 0 Å². The van der Waals surface area contributed by atoms with Gasteiger partial charge in [0, 0.05) is 24.2 Å². The van der Waals surface area contributed by atoms with Crippen molar-refractivity contribution in [3.8, 4) is 0 Å². The van der Waals surface area contributed by atoms with E-state index in [0.717, 1.165) is 19.6 Å². The maximum atomic E-state index is 11.9. The minimum Gasteiger partial charge on any atom is -0.409 e. The van der Waals surface area contributed by atoms with E-state index in [4.69, 9.17) is 10.9 Å². The second kappa shape index (κ2) is 8.16. The van der Waals surface area contributed by atoms with Gasteiger partial charge in [-0.3, -0.25) is 4.79 Å². The Hall–Kier alpha value is -2.08. The molecule has 0 radical (unpaired) electrons. The molecule has 0 saturated carbocycles. The summed E-state index contributed by atoms with van der Waals surface area (Å²) in [6, 6.07) is 6.60. The minimum atomic E-state index is -0.122. The third-order valence-electron chi connectivity index (χ3n) is 3.16. The summed E-state index contributed by atoms with van der Waals surface area (Å²) in [6.07, 6.45) is 0. The van der Waals surface area contributed by atoms with E-state index >= 15 is 0 Å². The first-order valence-electron chi connectivity index (χ1n) is 6.70. The Bertz CT molecular complexity index is 453. The minimum absolute atomic E-state index is 0.0264. The van der Waals surface area contributed by atoms with Crippen LogP contribution in [0.1, 0.15) is 29.8 Å². The molecule has 6 nitrogen and oxygen atoms in total. The number of oxime groups is 1. The van der Waals surface area contributed by atoms with Crippen LogP contribution in [0, 0.1) is 0 Å². The molecule has 110 valence electrons. The SMILES string of the molecule is CCN(CC)CCNC(=O)c1ccc(/C(N)=N/O)cc1. The van der Waals surface area contributed by atoms with E-state index in [1.807, 2.05) is 0 Å². The molecule has 6 heteroatoms. The van der Waals surface area contributed by atoms with E-state index in [1.165, 1.54) is 0 Å². The van der Waals surface area contributed by atoms with Gasteiger partial charge in [-0.1, -0.05) is 31.1 Å². The van der Waals surface area contributed by atoms with Gasteiger partial charge in [0.15, 0.2) is 5.84 Å². The summed E-state index contributed by atoms with van der Waals surface area (Å²) in [4.78, 5) is 14.2. The van der Waals surface area contributed by atoms with Gasteiger partial charge in [-0.15, -0.1) is 0 Å². The van der Waals surface area contributed by atoms with Crippen LogP contribution in [-0.2, 0) is 0 Å². The zero-order valence-corrected chi connectivity index (χ0v) is 12.0. The summed E-state index contributed by atoms with van der Waals surface area (Å²) in [5.41, 5.74) is 6.59. The molecule has 1 rings (SSSR count). The van der Waals surface area contributed by atoms with Crippen molar-refractivity contribution in [1.82, 2.24) is 10.2 Å². The molecule has 0 spiro atoms. The van der Waals surface area contributed by atoms with Gasteiger partial charge in [0.2, 0.25) is 0 Å². The standard InChI is InChI=1S/C14H22N4O2/c1-3-18(4-2)10-9-16-14(19)12-7-5-11(6-8-12)13(15)17-20/h5-8,20H,3-4,9-10H2,1-2H3,(H2,15,17)(H,16,19). The molecular formula is C14H22N4O2. The molecule has 0 saturated heterocycles. The molecule has 0 aliphatic rings. The molecule has 0 atom stereocenters. The monoisotopic (exact) mass is 278 g/mol. The van der Waals surface area contributed by atoms with Gasteiger partial charge in [0.25, 0.3) is 5.91 Å². The van der Waals surface area contributed by atoms with Crippen LogP contribution in [0.4, 0.5) is 0 Å². The second-order valence-corrected chi connectivity index (χ2v) is 4.35.